The monoisotopic (exact) mass is 217 g/mol. The van der Waals surface area contributed by atoms with E-state index in [0.717, 1.165) is 37.9 Å². The quantitative estimate of drug-likeness (QED) is 0.787. The van der Waals surface area contributed by atoms with Crippen molar-refractivity contribution in [3.8, 4) is 0 Å². The van der Waals surface area contributed by atoms with Crippen LogP contribution in [0.4, 0.5) is 5.69 Å². The molecule has 1 aromatic rings. The second-order valence-electron chi connectivity index (χ2n) is 4.28. The molecule has 0 amide bonds. The van der Waals surface area contributed by atoms with Crippen LogP contribution in [0.2, 0.25) is 0 Å². The summed E-state index contributed by atoms with van der Waals surface area (Å²) in [6.45, 7) is 5.79. The topological polar surface area (TPSA) is 23.5 Å². The van der Waals surface area contributed by atoms with E-state index >= 15 is 0 Å². The average molecular weight is 217 g/mol. The number of hydrogen-bond donors (Lipinski definition) is 1. The van der Waals surface area contributed by atoms with E-state index in [9.17, 15) is 5.11 Å². The predicted octanol–water partition coefficient (Wildman–Crippen LogP) is 2.90. The molecule has 2 rings (SSSR count). The predicted molar refractivity (Wildman–Crippen MR) is 67.7 cm³/mol. The number of anilines is 1. The molecule has 0 spiro atoms. The van der Waals surface area contributed by atoms with Crippen LogP contribution in [0, 0.1) is 0 Å². The molecule has 16 heavy (non-hydrogen) atoms. The smallest absolute Gasteiger partial charge is 0.0810 e. The summed E-state index contributed by atoms with van der Waals surface area (Å²) in [5.41, 5.74) is 2.26. The van der Waals surface area contributed by atoms with Gasteiger partial charge in [-0.25, -0.2) is 0 Å². The molecule has 0 fully saturated rings. The zero-order valence-corrected chi connectivity index (χ0v) is 9.60. The number of rotatable bonds is 3. The van der Waals surface area contributed by atoms with Gasteiger partial charge in [0.05, 0.1) is 6.10 Å². The van der Waals surface area contributed by atoms with E-state index in [2.05, 4.69) is 17.5 Å². The van der Waals surface area contributed by atoms with E-state index in [1.807, 2.05) is 24.3 Å². The molecule has 0 radical (unpaired) electrons. The number of benzene rings is 1. The van der Waals surface area contributed by atoms with Crippen molar-refractivity contribution in [2.24, 2.45) is 0 Å². The maximum Gasteiger partial charge on any atom is 0.0810 e. The zero-order chi connectivity index (χ0) is 11.4. The Kier molecular flexibility index (Phi) is 3.62. The summed E-state index contributed by atoms with van der Waals surface area (Å²) in [5, 5.41) is 10.0. The summed E-state index contributed by atoms with van der Waals surface area (Å²) in [5.74, 6) is 0. The van der Waals surface area contributed by atoms with Gasteiger partial charge in [-0.3, -0.25) is 0 Å². The standard InChI is InChI=1S/C14H19NO/c1-2-3-10-15-11-6-9-14(16)12-7-4-5-8-13(12)15/h2,4-5,7-8,14,16H,1,3,6,9-11H2. The van der Waals surface area contributed by atoms with Crippen LogP contribution in [-0.4, -0.2) is 18.2 Å². The van der Waals surface area contributed by atoms with Crippen molar-refractivity contribution >= 4 is 5.69 Å². The SMILES string of the molecule is C=CCCN1CCCC(O)c2ccccc21. The van der Waals surface area contributed by atoms with Crippen molar-refractivity contribution in [1.29, 1.82) is 0 Å². The van der Waals surface area contributed by atoms with Crippen molar-refractivity contribution in [2.45, 2.75) is 25.4 Å². The lowest BCUT2D eigenvalue weighted by molar-refractivity contribution is 0.168. The first-order chi connectivity index (χ1) is 7.83. The van der Waals surface area contributed by atoms with Gasteiger partial charge in [-0.1, -0.05) is 24.3 Å². The Morgan fingerprint density at radius 2 is 2.25 bits per heavy atom. The van der Waals surface area contributed by atoms with E-state index in [4.69, 9.17) is 0 Å². The molecular formula is C14H19NO. The number of nitrogens with zero attached hydrogens (tertiary/aromatic N) is 1. The summed E-state index contributed by atoms with van der Waals surface area (Å²) in [6, 6.07) is 8.18. The maximum atomic E-state index is 10.0. The van der Waals surface area contributed by atoms with Gasteiger partial charge in [0.15, 0.2) is 0 Å². The summed E-state index contributed by atoms with van der Waals surface area (Å²) < 4.78 is 0. The van der Waals surface area contributed by atoms with Crippen LogP contribution in [0.25, 0.3) is 0 Å². The molecule has 1 aromatic carbocycles. The highest BCUT2D eigenvalue weighted by atomic mass is 16.3. The third kappa shape index (κ3) is 2.27. The Balaban J connectivity index is 2.27. The molecule has 1 aliphatic rings. The highest BCUT2D eigenvalue weighted by Gasteiger charge is 2.19. The molecule has 0 bridgehead atoms. The van der Waals surface area contributed by atoms with Crippen molar-refractivity contribution < 1.29 is 5.11 Å². The van der Waals surface area contributed by atoms with Crippen LogP contribution in [0.3, 0.4) is 0 Å². The normalized spacial score (nSPS) is 20.1. The van der Waals surface area contributed by atoms with Crippen LogP contribution in [0.15, 0.2) is 36.9 Å². The number of fused-ring (bicyclic) bond motifs is 1. The maximum absolute atomic E-state index is 10.0. The Labute approximate surface area is 97.2 Å². The minimum absolute atomic E-state index is 0.301. The van der Waals surface area contributed by atoms with E-state index < -0.39 is 0 Å². The number of hydrogen-bond acceptors (Lipinski definition) is 2. The van der Waals surface area contributed by atoms with Crippen LogP contribution >= 0.6 is 0 Å². The summed E-state index contributed by atoms with van der Waals surface area (Å²) in [4.78, 5) is 2.35. The van der Waals surface area contributed by atoms with Crippen molar-refractivity contribution in [3.63, 3.8) is 0 Å². The van der Waals surface area contributed by atoms with Crippen molar-refractivity contribution in [2.75, 3.05) is 18.0 Å². The summed E-state index contributed by atoms with van der Waals surface area (Å²) in [6.07, 6.45) is 4.55. The molecule has 1 N–H and O–H groups in total. The van der Waals surface area contributed by atoms with E-state index in [0.29, 0.717) is 0 Å². The largest absolute Gasteiger partial charge is 0.388 e. The minimum Gasteiger partial charge on any atom is -0.388 e. The van der Waals surface area contributed by atoms with Crippen molar-refractivity contribution in [3.05, 3.63) is 42.5 Å². The first-order valence-electron chi connectivity index (χ1n) is 5.96. The van der Waals surface area contributed by atoms with E-state index in [1.54, 1.807) is 0 Å². The Morgan fingerprint density at radius 1 is 1.44 bits per heavy atom. The molecule has 1 atom stereocenters. The van der Waals surface area contributed by atoms with E-state index in [1.165, 1.54) is 5.69 Å². The molecule has 0 saturated heterocycles. The third-order valence-corrected chi connectivity index (χ3v) is 3.15. The molecule has 1 unspecified atom stereocenters. The Bertz CT molecular complexity index is 362. The van der Waals surface area contributed by atoms with Gasteiger partial charge in [0.25, 0.3) is 0 Å². The Hall–Kier alpha value is -1.28. The van der Waals surface area contributed by atoms with Gasteiger partial charge < -0.3 is 10.0 Å². The van der Waals surface area contributed by atoms with Crippen LogP contribution in [0.5, 0.6) is 0 Å². The number of aliphatic hydroxyl groups is 1. The fourth-order valence-corrected chi connectivity index (χ4v) is 2.29. The summed E-state index contributed by atoms with van der Waals surface area (Å²) in [7, 11) is 0. The molecule has 86 valence electrons. The molecule has 2 heteroatoms. The fourth-order valence-electron chi connectivity index (χ4n) is 2.29. The van der Waals surface area contributed by atoms with Gasteiger partial charge in [-0.05, 0) is 25.3 Å². The summed E-state index contributed by atoms with van der Waals surface area (Å²) >= 11 is 0. The van der Waals surface area contributed by atoms with E-state index in [-0.39, 0.29) is 6.10 Å². The fraction of sp³-hybridized carbons (Fsp3) is 0.429. The number of aliphatic hydroxyl groups excluding tert-OH is 1. The molecule has 1 heterocycles. The van der Waals surface area contributed by atoms with Gasteiger partial charge in [0.2, 0.25) is 0 Å². The van der Waals surface area contributed by atoms with Gasteiger partial charge in [0.1, 0.15) is 0 Å². The van der Waals surface area contributed by atoms with Gasteiger partial charge in [-0.2, -0.15) is 0 Å². The van der Waals surface area contributed by atoms with Crippen molar-refractivity contribution in [1.82, 2.24) is 0 Å². The highest BCUT2D eigenvalue weighted by Crippen LogP contribution is 2.32. The highest BCUT2D eigenvalue weighted by molar-refractivity contribution is 5.55. The van der Waals surface area contributed by atoms with Crippen LogP contribution in [0.1, 0.15) is 30.9 Å². The molecule has 0 saturated carbocycles. The van der Waals surface area contributed by atoms with Gasteiger partial charge in [0, 0.05) is 24.3 Å². The minimum atomic E-state index is -0.301. The molecule has 0 aromatic heterocycles. The second-order valence-corrected chi connectivity index (χ2v) is 4.28. The molecule has 1 aliphatic heterocycles. The van der Waals surface area contributed by atoms with Gasteiger partial charge >= 0.3 is 0 Å². The van der Waals surface area contributed by atoms with Crippen LogP contribution < -0.4 is 4.90 Å². The first-order valence-corrected chi connectivity index (χ1v) is 5.96. The average Bonchev–Trinajstić information content (AvgIpc) is 2.47. The zero-order valence-electron chi connectivity index (χ0n) is 9.60. The lowest BCUT2D eigenvalue weighted by Gasteiger charge is -2.24. The van der Waals surface area contributed by atoms with Gasteiger partial charge in [-0.15, -0.1) is 6.58 Å². The van der Waals surface area contributed by atoms with Crippen LogP contribution in [-0.2, 0) is 0 Å². The number of para-hydroxylation sites is 1. The first kappa shape index (κ1) is 11.2. The third-order valence-electron chi connectivity index (χ3n) is 3.15. The lowest BCUT2D eigenvalue weighted by Crippen LogP contribution is -2.24. The molecule has 0 aliphatic carbocycles. The molecule has 2 nitrogen and oxygen atoms in total. The lowest BCUT2D eigenvalue weighted by atomic mass is 10.0. The second kappa shape index (κ2) is 5.17. The molecular weight excluding hydrogens is 198 g/mol. The Morgan fingerprint density at radius 3 is 3.06 bits per heavy atom.